The van der Waals surface area contributed by atoms with Gasteiger partial charge < -0.3 is 19.7 Å². The minimum absolute atomic E-state index is 0.186. The molecule has 0 aliphatic heterocycles. The summed E-state index contributed by atoms with van der Waals surface area (Å²) in [5.41, 5.74) is 2.14. The van der Waals surface area contributed by atoms with Gasteiger partial charge in [-0.05, 0) is 44.4 Å². The summed E-state index contributed by atoms with van der Waals surface area (Å²) in [7, 11) is 0. The molecular weight excluding hydrogens is 428 g/mol. The van der Waals surface area contributed by atoms with Crippen LogP contribution in [-0.4, -0.2) is 35.5 Å². The number of aliphatic carboxylic acids is 1. The summed E-state index contributed by atoms with van der Waals surface area (Å²) < 4.78 is 11.2. The zero-order chi connectivity index (χ0) is 25.2. The second-order valence-electron chi connectivity index (χ2n) is 8.72. The number of carboxylic acids is 1. The Morgan fingerprint density at radius 3 is 2.15 bits per heavy atom. The fourth-order valence-corrected chi connectivity index (χ4v) is 3.31. The smallest absolute Gasteiger partial charge is 0.308 e. The molecule has 2 rings (SSSR count). The van der Waals surface area contributed by atoms with Gasteiger partial charge in [0.1, 0.15) is 11.5 Å². The van der Waals surface area contributed by atoms with Crippen molar-refractivity contribution >= 4 is 5.97 Å². The van der Waals surface area contributed by atoms with Crippen LogP contribution in [0.2, 0.25) is 0 Å². The first kappa shape index (κ1) is 29.5. The molecule has 0 radical (unpaired) electrons. The van der Waals surface area contributed by atoms with Crippen LogP contribution in [0.25, 0.3) is 11.1 Å². The number of hydrogen-bond donors (Lipinski definition) is 2. The SMILES string of the molecule is CCCCCCCCOc1cc(O)ccc1-c1ccccc1.CCCCOC(C)C(C)C(=O)O. The molecule has 0 aromatic heterocycles. The molecule has 0 spiro atoms. The summed E-state index contributed by atoms with van der Waals surface area (Å²) in [4.78, 5) is 10.5. The zero-order valence-electron chi connectivity index (χ0n) is 21.5. The van der Waals surface area contributed by atoms with Crippen LogP contribution in [0.5, 0.6) is 11.5 Å². The zero-order valence-corrected chi connectivity index (χ0v) is 21.5. The van der Waals surface area contributed by atoms with Crippen LogP contribution in [0.15, 0.2) is 48.5 Å². The van der Waals surface area contributed by atoms with E-state index in [1.54, 1.807) is 26.0 Å². The van der Waals surface area contributed by atoms with Crippen molar-refractivity contribution in [1.82, 2.24) is 0 Å². The second-order valence-corrected chi connectivity index (χ2v) is 8.72. The van der Waals surface area contributed by atoms with E-state index in [9.17, 15) is 9.90 Å². The molecule has 2 atom stereocenters. The molecule has 2 unspecified atom stereocenters. The van der Waals surface area contributed by atoms with Gasteiger partial charge in [0.25, 0.3) is 0 Å². The average Bonchev–Trinajstić information content (AvgIpc) is 2.84. The van der Waals surface area contributed by atoms with Crippen molar-refractivity contribution in [1.29, 1.82) is 0 Å². The highest BCUT2D eigenvalue weighted by Crippen LogP contribution is 2.33. The number of benzene rings is 2. The average molecular weight is 473 g/mol. The maximum Gasteiger partial charge on any atom is 0.308 e. The van der Waals surface area contributed by atoms with Gasteiger partial charge in [-0.15, -0.1) is 0 Å². The number of carbonyl (C=O) groups is 1. The second kappa shape index (κ2) is 17.9. The molecule has 2 aromatic rings. The first-order valence-electron chi connectivity index (χ1n) is 12.8. The van der Waals surface area contributed by atoms with E-state index in [-0.39, 0.29) is 11.9 Å². The van der Waals surface area contributed by atoms with Crippen molar-refractivity contribution in [2.45, 2.75) is 85.2 Å². The number of phenols is 1. The number of aromatic hydroxyl groups is 1. The number of carboxylic acid groups (broad SMARTS) is 1. The highest BCUT2D eigenvalue weighted by atomic mass is 16.5. The first-order valence-corrected chi connectivity index (χ1v) is 12.8. The number of ether oxygens (including phenoxy) is 2. The van der Waals surface area contributed by atoms with Gasteiger partial charge in [0.05, 0.1) is 18.6 Å². The molecule has 2 N–H and O–H groups in total. The lowest BCUT2D eigenvalue weighted by Gasteiger charge is -2.16. The van der Waals surface area contributed by atoms with Crippen LogP contribution < -0.4 is 4.74 Å². The molecule has 0 heterocycles. The van der Waals surface area contributed by atoms with Gasteiger partial charge in [-0.2, -0.15) is 0 Å². The van der Waals surface area contributed by atoms with Gasteiger partial charge in [0.15, 0.2) is 0 Å². The summed E-state index contributed by atoms with van der Waals surface area (Å²) in [6.07, 6.45) is 9.36. The predicted octanol–water partition coefficient (Wildman–Crippen LogP) is 7.71. The number of phenolic OH excluding ortho intramolecular Hbond substituents is 1. The van der Waals surface area contributed by atoms with Crippen molar-refractivity contribution in [3.8, 4) is 22.6 Å². The van der Waals surface area contributed by atoms with Crippen LogP contribution in [-0.2, 0) is 9.53 Å². The monoisotopic (exact) mass is 472 g/mol. The third-order valence-electron chi connectivity index (χ3n) is 5.78. The van der Waals surface area contributed by atoms with Crippen molar-refractivity contribution < 1.29 is 24.5 Å². The van der Waals surface area contributed by atoms with E-state index in [1.165, 1.54) is 32.1 Å². The molecule has 0 aliphatic carbocycles. The Bertz CT molecular complexity index is 790. The normalized spacial score (nSPS) is 12.4. The molecule has 0 fully saturated rings. The Hall–Kier alpha value is -2.53. The standard InChI is InChI=1S/C20H26O2.C9H18O3/c1-2-3-4-5-6-10-15-22-20-16-18(21)13-14-19(20)17-11-8-7-9-12-17;1-4-5-6-12-8(3)7(2)9(10)11/h7-9,11-14,16,21H,2-6,10,15H2,1H3;7-8H,4-6H2,1-3H3,(H,10,11). The van der Waals surface area contributed by atoms with Gasteiger partial charge >= 0.3 is 5.97 Å². The fraction of sp³-hybridized carbons (Fsp3) is 0.552. The molecule has 0 bridgehead atoms. The topological polar surface area (TPSA) is 76.0 Å². The largest absolute Gasteiger partial charge is 0.508 e. The molecule has 5 heteroatoms. The lowest BCUT2D eigenvalue weighted by Crippen LogP contribution is -2.25. The quantitative estimate of drug-likeness (QED) is 0.260. The number of hydrogen-bond acceptors (Lipinski definition) is 4. The summed E-state index contributed by atoms with van der Waals surface area (Å²) in [6.45, 7) is 9.14. The highest BCUT2D eigenvalue weighted by molar-refractivity contribution is 5.71. The first-order chi connectivity index (χ1) is 16.4. The van der Waals surface area contributed by atoms with E-state index >= 15 is 0 Å². The van der Waals surface area contributed by atoms with E-state index in [0.29, 0.717) is 13.2 Å². The summed E-state index contributed by atoms with van der Waals surface area (Å²) >= 11 is 0. The van der Waals surface area contributed by atoms with E-state index < -0.39 is 11.9 Å². The summed E-state index contributed by atoms with van der Waals surface area (Å²) in [5, 5.41) is 18.3. The van der Waals surface area contributed by atoms with Crippen LogP contribution in [0.4, 0.5) is 0 Å². The highest BCUT2D eigenvalue weighted by Gasteiger charge is 2.19. The molecule has 34 heavy (non-hydrogen) atoms. The number of rotatable bonds is 15. The van der Waals surface area contributed by atoms with Gasteiger partial charge in [-0.3, -0.25) is 4.79 Å². The molecule has 2 aromatic carbocycles. The van der Waals surface area contributed by atoms with Crippen LogP contribution >= 0.6 is 0 Å². The third kappa shape index (κ3) is 12.1. The minimum atomic E-state index is -0.793. The van der Waals surface area contributed by atoms with Crippen molar-refractivity contribution in [3.05, 3.63) is 48.5 Å². The Morgan fingerprint density at radius 2 is 1.50 bits per heavy atom. The maximum atomic E-state index is 10.5. The van der Waals surface area contributed by atoms with Gasteiger partial charge in [0, 0.05) is 18.2 Å². The van der Waals surface area contributed by atoms with Crippen LogP contribution in [0.1, 0.15) is 79.1 Å². The summed E-state index contributed by atoms with van der Waals surface area (Å²) in [5.74, 6) is -0.196. The Morgan fingerprint density at radius 1 is 0.853 bits per heavy atom. The molecule has 0 amide bonds. The lowest BCUT2D eigenvalue weighted by atomic mass is 10.0. The van der Waals surface area contributed by atoms with E-state index in [0.717, 1.165) is 36.1 Å². The molecular formula is C29H44O5. The minimum Gasteiger partial charge on any atom is -0.508 e. The maximum absolute atomic E-state index is 10.5. The summed E-state index contributed by atoms with van der Waals surface area (Å²) in [6, 6.07) is 15.5. The fourth-order valence-electron chi connectivity index (χ4n) is 3.31. The Balaban J connectivity index is 0.000000411. The third-order valence-corrected chi connectivity index (χ3v) is 5.78. The molecule has 0 aliphatic rings. The van der Waals surface area contributed by atoms with E-state index in [2.05, 4.69) is 26.0 Å². The van der Waals surface area contributed by atoms with E-state index in [1.807, 2.05) is 24.3 Å². The van der Waals surface area contributed by atoms with Gasteiger partial charge in [-0.1, -0.05) is 82.7 Å². The van der Waals surface area contributed by atoms with Crippen molar-refractivity contribution in [2.75, 3.05) is 13.2 Å². The van der Waals surface area contributed by atoms with E-state index in [4.69, 9.17) is 14.6 Å². The van der Waals surface area contributed by atoms with Crippen molar-refractivity contribution in [3.63, 3.8) is 0 Å². The van der Waals surface area contributed by atoms with Gasteiger partial charge in [0.2, 0.25) is 0 Å². The Labute approximate surface area is 206 Å². The number of unbranched alkanes of at least 4 members (excludes halogenated alkanes) is 6. The van der Waals surface area contributed by atoms with Gasteiger partial charge in [-0.25, -0.2) is 0 Å². The van der Waals surface area contributed by atoms with Crippen molar-refractivity contribution in [2.24, 2.45) is 5.92 Å². The van der Waals surface area contributed by atoms with Crippen LogP contribution in [0.3, 0.4) is 0 Å². The Kier molecular flexibility index (Phi) is 15.5. The van der Waals surface area contributed by atoms with Crippen LogP contribution in [0, 0.1) is 5.92 Å². The molecule has 5 nitrogen and oxygen atoms in total. The predicted molar refractivity (Wildman–Crippen MR) is 140 cm³/mol. The molecule has 0 saturated heterocycles. The molecule has 190 valence electrons. The lowest BCUT2D eigenvalue weighted by molar-refractivity contribution is -0.146. The molecule has 0 saturated carbocycles.